The van der Waals surface area contributed by atoms with Crippen molar-refractivity contribution in [2.45, 2.75) is 70.2 Å². The van der Waals surface area contributed by atoms with E-state index in [1.807, 2.05) is 0 Å². The van der Waals surface area contributed by atoms with Crippen LogP contribution in [-0.2, 0) is 50.3 Å². The molecule has 8 N–H and O–H groups in total. The van der Waals surface area contributed by atoms with E-state index in [0.29, 0.717) is 22.6 Å². The monoisotopic (exact) mass is 609 g/mol. The highest BCUT2D eigenvalue weighted by atomic mass is 16.4. The van der Waals surface area contributed by atoms with Crippen LogP contribution in [0, 0.1) is 6.92 Å². The second-order valence-corrected chi connectivity index (χ2v) is 10.6. The maximum atomic E-state index is 13.4. The third-order valence-corrected chi connectivity index (χ3v) is 6.99. The van der Waals surface area contributed by atoms with Gasteiger partial charge in [0.05, 0.1) is 24.4 Å². The molecular formula is C29H39N9O6. The second-order valence-electron chi connectivity index (χ2n) is 10.6. The van der Waals surface area contributed by atoms with Crippen molar-refractivity contribution in [2.24, 2.45) is 12.8 Å². The highest BCUT2D eigenvalue weighted by Crippen LogP contribution is 2.09. The number of aryl methyl sites for hydroxylation is 2. The van der Waals surface area contributed by atoms with E-state index in [-0.39, 0.29) is 19.3 Å². The van der Waals surface area contributed by atoms with Crippen LogP contribution in [0.5, 0.6) is 0 Å². The molecule has 0 aliphatic carbocycles. The lowest BCUT2D eigenvalue weighted by Crippen LogP contribution is -2.58. The molecule has 15 heteroatoms. The quantitative estimate of drug-likeness (QED) is 0.110. The zero-order valence-corrected chi connectivity index (χ0v) is 25.0. The Kier molecular flexibility index (Phi) is 11.7. The van der Waals surface area contributed by atoms with Crippen molar-refractivity contribution in [3.05, 3.63) is 71.8 Å². The summed E-state index contributed by atoms with van der Waals surface area (Å²) in [5.41, 5.74) is 8.19. The van der Waals surface area contributed by atoms with Gasteiger partial charge < -0.3 is 41.7 Å². The van der Waals surface area contributed by atoms with E-state index in [1.54, 1.807) is 61.4 Å². The van der Waals surface area contributed by atoms with Crippen molar-refractivity contribution in [3.63, 3.8) is 0 Å². The predicted octanol–water partition coefficient (Wildman–Crippen LogP) is -1.13. The number of nitrogens with two attached hydrogens (primary N) is 1. The first-order chi connectivity index (χ1) is 20.8. The summed E-state index contributed by atoms with van der Waals surface area (Å²) in [7, 11) is 1.74. The van der Waals surface area contributed by atoms with Crippen molar-refractivity contribution < 1.29 is 29.1 Å². The number of carboxylic acid groups (broad SMARTS) is 1. The molecule has 0 aliphatic rings. The third kappa shape index (κ3) is 9.49. The van der Waals surface area contributed by atoms with Gasteiger partial charge in [0.2, 0.25) is 23.6 Å². The van der Waals surface area contributed by atoms with E-state index < -0.39 is 59.8 Å². The molecule has 2 heterocycles. The number of H-pyrrole nitrogens is 1. The number of hydrogen-bond acceptors (Lipinski definition) is 8. The highest BCUT2D eigenvalue weighted by molar-refractivity contribution is 5.95. The first-order valence-corrected chi connectivity index (χ1v) is 14.0. The Bertz CT molecular complexity index is 1450. The first-order valence-electron chi connectivity index (χ1n) is 14.0. The Balaban J connectivity index is 1.74. The van der Waals surface area contributed by atoms with E-state index in [1.165, 1.54) is 20.2 Å². The number of aromatic amines is 1. The predicted molar refractivity (Wildman–Crippen MR) is 159 cm³/mol. The fraction of sp³-hybridized carbons (Fsp3) is 0.414. The lowest BCUT2D eigenvalue weighted by molar-refractivity contribution is -0.142. The fourth-order valence-corrected chi connectivity index (χ4v) is 4.30. The summed E-state index contributed by atoms with van der Waals surface area (Å²) >= 11 is 0. The number of imidazole rings is 2. The fourth-order valence-electron chi connectivity index (χ4n) is 4.30. The number of hydrogen-bond donors (Lipinski definition) is 7. The van der Waals surface area contributed by atoms with Crippen molar-refractivity contribution in [1.82, 2.24) is 40.8 Å². The molecule has 4 amide bonds. The SMILES string of the molecule is Cc1[nH]cnc1C[C@H](NC(=O)[C@H](C)NC(=O)[C@H](Cc1cncn1C)NC(=O)[C@H](C)N)C(=O)N[C@@H](Cc1ccccc1)C(=O)O. The summed E-state index contributed by atoms with van der Waals surface area (Å²) < 4.78 is 1.69. The van der Waals surface area contributed by atoms with Crippen LogP contribution in [0.3, 0.4) is 0 Å². The first kappa shape index (κ1) is 33.5. The molecule has 0 saturated carbocycles. The summed E-state index contributed by atoms with van der Waals surface area (Å²) in [5, 5.41) is 20.1. The molecule has 236 valence electrons. The van der Waals surface area contributed by atoms with E-state index >= 15 is 0 Å². The number of carboxylic acids is 1. The van der Waals surface area contributed by atoms with Gasteiger partial charge >= 0.3 is 5.97 Å². The Morgan fingerprint density at radius 2 is 1.50 bits per heavy atom. The average molecular weight is 610 g/mol. The molecule has 0 unspecified atom stereocenters. The number of rotatable bonds is 15. The Labute approximate surface area is 254 Å². The lowest BCUT2D eigenvalue weighted by Gasteiger charge is -2.25. The molecule has 0 radical (unpaired) electrons. The minimum Gasteiger partial charge on any atom is -0.480 e. The molecule has 1 aromatic carbocycles. The molecular weight excluding hydrogens is 570 g/mol. The van der Waals surface area contributed by atoms with Crippen molar-refractivity contribution >= 4 is 29.6 Å². The minimum absolute atomic E-state index is 0.0294. The zero-order chi connectivity index (χ0) is 32.4. The maximum absolute atomic E-state index is 13.4. The van der Waals surface area contributed by atoms with Gasteiger partial charge in [-0.3, -0.25) is 19.2 Å². The van der Waals surface area contributed by atoms with Crippen LogP contribution in [0.25, 0.3) is 0 Å². The standard InChI is InChI=1S/C29H39N9O6/c1-16(30)25(39)35-22(11-20-13-31-15-38(20)4)27(41)34-18(3)26(40)36-23(12-21-17(2)32-14-33-21)28(42)37-24(29(43)44)10-19-8-6-5-7-9-19/h5-9,13-16,18,22-24H,10-12,30H2,1-4H3,(H,32,33)(H,34,41)(H,35,39)(H,36,40)(H,37,42)(H,43,44)/t16-,18-,22-,23-,24-/m0/s1. The molecule has 2 aromatic heterocycles. The van der Waals surface area contributed by atoms with Gasteiger partial charge in [-0.15, -0.1) is 0 Å². The van der Waals surface area contributed by atoms with Gasteiger partial charge in [0.15, 0.2) is 0 Å². The molecule has 44 heavy (non-hydrogen) atoms. The summed E-state index contributed by atoms with van der Waals surface area (Å²) in [6.07, 6.45) is 4.61. The number of carbonyl (C=O) groups is 5. The van der Waals surface area contributed by atoms with Gasteiger partial charge in [-0.1, -0.05) is 30.3 Å². The van der Waals surface area contributed by atoms with Gasteiger partial charge in [0, 0.05) is 43.9 Å². The lowest BCUT2D eigenvalue weighted by atomic mass is 10.0. The molecule has 0 fully saturated rings. The van der Waals surface area contributed by atoms with Gasteiger partial charge in [-0.25, -0.2) is 14.8 Å². The number of aliphatic carboxylic acids is 1. The number of amides is 4. The molecule has 0 spiro atoms. The highest BCUT2D eigenvalue weighted by Gasteiger charge is 2.31. The summed E-state index contributed by atoms with van der Waals surface area (Å²) in [6, 6.07) is 3.25. The molecule has 5 atom stereocenters. The molecule has 3 aromatic rings. The Morgan fingerprint density at radius 1 is 0.886 bits per heavy atom. The largest absolute Gasteiger partial charge is 0.480 e. The van der Waals surface area contributed by atoms with Crippen LogP contribution < -0.4 is 27.0 Å². The van der Waals surface area contributed by atoms with Crippen LogP contribution in [0.4, 0.5) is 0 Å². The Morgan fingerprint density at radius 3 is 2.07 bits per heavy atom. The smallest absolute Gasteiger partial charge is 0.326 e. The molecule has 0 bridgehead atoms. The topological polar surface area (TPSA) is 226 Å². The van der Waals surface area contributed by atoms with Crippen LogP contribution in [0.1, 0.15) is 36.5 Å². The number of benzene rings is 1. The molecule has 3 rings (SSSR count). The van der Waals surface area contributed by atoms with E-state index in [0.717, 1.165) is 0 Å². The zero-order valence-electron chi connectivity index (χ0n) is 25.0. The van der Waals surface area contributed by atoms with Crippen molar-refractivity contribution in [2.75, 3.05) is 0 Å². The van der Waals surface area contributed by atoms with Gasteiger partial charge in [0.1, 0.15) is 24.2 Å². The number of aromatic nitrogens is 4. The molecule has 15 nitrogen and oxygen atoms in total. The maximum Gasteiger partial charge on any atom is 0.326 e. The number of nitrogens with one attached hydrogen (secondary N) is 5. The third-order valence-electron chi connectivity index (χ3n) is 6.99. The number of carbonyl (C=O) groups excluding carboxylic acids is 4. The van der Waals surface area contributed by atoms with Crippen LogP contribution in [0.15, 0.2) is 49.2 Å². The van der Waals surface area contributed by atoms with Gasteiger partial charge in [0.25, 0.3) is 0 Å². The van der Waals surface area contributed by atoms with Crippen LogP contribution in [0.2, 0.25) is 0 Å². The van der Waals surface area contributed by atoms with E-state index in [2.05, 4.69) is 36.2 Å². The van der Waals surface area contributed by atoms with Crippen molar-refractivity contribution in [3.8, 4) is 0 Å². The van der Waals surface area contributed by atoms with Crippen LogP contribution >= 0.6 is 0 Å². The second kappa shape index (κ2) is 15.4. The minimum atomic E-state index is -1.26. The summed E-state index contributed by atoms with van der Waals surface area (Å²) in [4.78, 5) is 75.3. The van der Waals surface area contributed by atoms with Crippen LogP contribution in [-0.4, -0.2) is 84.4 Å². The van der Waals surface area contributed by atoms with Crippen molar-refractivity contribution in [1.29, 1.82) is 0 Å². The van der Waals surface area contributed by atoms with E-state index in [9.17, 15) is 29.1 Å². The molecule has 0 saturated heterocycles. The van der Waals surface area contributed by atoms with Gasteiger partial charge in [-0.2, -0.15) is 0 Å². The average Bonchev–Trinajstić information content (AvgIpc) is 3.58. The van der Waals surface area contributed by atoms with E-state index in [4.69, 9.17) is 5.73 Å². The normalized spacial score (nSPS) is 14.4. The summed E-state index contributed by atoms with van der Waals surface area (Å²) in [6.45, 7) is 4.65. The number of nitrogens with zero attached hydrogens (tertiary/aromatic N) is 3. The molecule has 0 aliphatic heterocycles. The Hall–Kier alpha value is -5.05. The van der Waals surface area contributed by atoms with Gasteiger partial charge in [-0.05, 0) is 26.3 Å². The summed E-state index contributed by atoms with van der Waals surface area (Å²) in [5.74, 6) is -3.89.